The van der Waals surface area contributed by atoms with E-state index in [-0.39, 0.29) is 5.82 Å². The molecule has 0 saturated heterocycles. The van der Waals surface area contributed by atoms with Crippen molar-refractivity contribution in [1.29, 1.82) is 0 Å². The molecule has 1 aromatic carbocycles. The molecule has 2 aromatic rings. The van der Waals surface area contributed by atoms with E-state index in [2.05, 4.69) is 22.3 Å². The molecular weight excluding hydrogens is 355 g/mol. The third kappa shape index (κ3) is 4.06. The summed E-state index contributed by atoms with van der Waals surface area (Å²) in [5, 5.41) is 8.34. The van der Waals surface area contributed by atoms with Gasteiger partial charge in [0.2, 0.25) is 11.8 Å². The molecular formula is C15H14Cl2N4O3. The Balaban J connectivity index is 2.21. The topological polar surface area (TPSA) is 96.0 Å². The van der Waals surface area contributed by atoms with Crippen LogP contribution in [0.15, 0.2) is 41.7 Å². The number of halogens is 2. The highest BCUT2D eigenvalue weighted by Crippen LogP contribution is 2.23. The zero-order chi connectivity index (χ0) is 17.9. The number of aromatic amines is 1. The molecule has 126 valence electrons. The van der Waals surface area contributed by atoms with Crippen LogP contribution in [0.3, 0.4) is 0 Å². The number of rotatable bonds is 5. The van der Waals surface area contributed by atoms with E-state index in [4.69, 9.17) is 23.2 Å². The maximum Gasteiger partial charge on any atom is 0.273 e. The summed E-state index contributed by atoms with van der Waals surface area (Å²) >= 11 is 12.0. The predicted octanol–water partition coefficient (Wildman–Crippen LogP) is 2.10. The normalized spacial score (nSPS) is 11.6. The quantitative estimate of drug-likeness (QED) is 0.705. The molecule has 1 atom stereocenters. The van der Waals surface area contributed by atoms with Crippen LogP contribution in [0.1, 0.15) is 6.92 Å². The monoisotopic (exact) mass is 368 g/mol. The predicted molar refractivity (Wildman–Crippen MR) is 92.8 cm³/mol. The van der Waals surface area contributed by atoms with Crippen LogP contribution in [0, 0.1) is 0 Å². The van der Waals surface area contributed by atoms with Gasteiger partial charge in [-0.2, -0.15) is 0 Å². The lowest BCUT2D eigenvalue weighted by Gasteiger charge is -2.12. The average Bonchev–Trinajstić information content (AvgIpc) is 2.89. The lowest BCUT2D eigenvalue weighted by molar-refractivity contribution is -0.123. The molecule has 1 heterocycles. The Morgan fingerprint density at radius 3 is 2.71 bits per heavy atom. The van der Waals surface area contributed by atoms with Crippen molar-refractivity contribution in [2.24, 2.45) is 0 Å². The van der Waals surface area contributed by atoms with E-state index < -0.39 is 23.4 Å². The van der Waals surface area contributed by atoms with Gasteiger partial charge < -0.3 is 10.6 Å². The summed E-state index contributed by atoms with van der Waals surface area (Å²) in [6.07, 6.45) is 1.06. The molecule has 7 nitrogen and oxygen atoms in total. The van der Waals surface area contributed by atoms with Crippen molar-refractivity contribution < 1.29 is 9.59 Å². The van der Waals surface area contributed by atoms with Crippen molar-refractivity contribution >= 4 is 40.8 Å². The minimum absolute atomic E-state index is 0.153. The van der Waals surface area contributed by atoms with E-state index in [1.807, 2.05) is 0 Å². The van der Waals surface area contributed by atoms with Crippen molar-refractivity contribution in [2.45, 2.75) is 13.0 Å². The van der Waals surface area contributed by atoms with E-state index in [0.29, 0.717) is 15.7 Å². The summed E-state index contributed by atoms with van der Waals surface area (Å²) in [5.74, 6) is -0.828. The van der Waals surface area contributed by atoms with E-state index >= 15 is 0 Å². The first-order valence-corrected chi connectivity index (χ1v) is 7.58. The first kappa shape index (κ1) is 17.8. The number of benzene rings is 1. The highest BCUT2D eigenvalue weighted by Gasteiger charge is 2.16. The van der Waals surface area contributed by atoms with Crippen molar-refractivity contribution in [3.05, 3.63) is 57.3 Å². The Morgan fingerprint density at radius 2 is 2.04 bits per heavy atom. The second-order valence-electron chi connectivity index (χ2n) is 4.86. The zero-order valence-corrected chi connectivity index (χ0v) is 14.1. The second-order valence-corrected chi connectivity index (χ2v) is 5.71. The fraction of sp³-hybridized carbons (Fsp3) is 0.133. The number of carbonyl (C=O) groups excluding carboxylic acids is 2. The van der Waals surface area contributed by atoms with Gasteiger partial charge in [-0.05, 0) is 31.2 Å². The minimum atomic E-state index is -0.808. The van der Waals surface area contributed by atoms with Crippen LogP contribution in [0.25, 0.3) is 5.69 Å². The number of H-pyrrole nitrogens is 1. The third-order valence-corrected chi connectivity index (χ3v) is 3.62. The summed E-state index contributed by atoms with van der Waals surface area (Å²) in [7, 11) is 0. The number of anilines is 1. The summed E-state index contributed by atoms with van der Waals surface area (Å²) in [4.78, 5) is 35.3. The molecule has 1 aromatic heterocycles. The van der Waals surface area contributed by atoms with Gasteiger partial charge in [0, 0.05) is 11.1 Å². The maximum absolute atomic E-state index is 12.1. The molecule has 1 unspecified atom stereocenters. The molecule has 3 N–H and O–H groups in total. The van der Waals surface area contributed by atoms with Crippen LogP contribution < -0.4 is 16.2 Å². The summed E-state index contributed by atoms with van der Waals surface area (Å²) in [5.41, 5.74) is -0.0834. The van der Waals surface area contributed by atoms with Gasteiger partial charge in [-0.25, -0.2) is 4.68 Å². The molecule has 0 aliphatic heterocycles. The molecule has 2 amide bonds. The fourth-order valence-corrected chi connectivity index (χ4v) is 2.24. The second kappa shape index (κ2) is 7.37. The number of amides is 2. The zero-order valence-electron chi connectivity index (χ0n) is 12.6. The molecule has 0 radical (unpaired) electrons. The smallest absolute Gasteiger partial charge is 0.273 e. The summed E-state index contributed by atoms with van der Waals surface area (Å²) < 4.78 is 1.15. The van der Waals surface area contributed by atoms with Gasteiger partial charge in [-0.15, -0.1) is 0 Å². The maximum atomic E-state index is 12.1. The average molecular weight is 369 g/mol. The van der Waals surface area contributed by atoms with E-state index in [1.165, 1.54) is 19.1 Å². The van der Waals surface area contributed by atoms with Gasteiger partial charge in [0.25, 0.3) is 5.56 Å². The molecule has 0 saturated carbocycles. The Labute approximate surface area is 147 Å². The number of nitrogens with one attached hydrogen (secondary N) is 3. The summed E-state index contributed by atoms with van der Waals surface area (Å²) in [6, 6.07) is 5.04. The lowest BCUT2D eigenvalue weighted by Crippen LogP contribution is -2.40. The molecule has 24 heavy (non-hydrogen) atoms. The van der Waals surface area contributed by atoms with Gasteiger partial charge in [0.05, 0.1) is 10.7 Å². The molecule has 0 bridgehead atoms. The van der Waals surface area contributed by atoms with Gasteiger partial charge in [0.15, 0.2) is 0 Å². The Morgan fingerprint density at radius 1 is 1.33 bits per heavy atom. The van der Waals surface area contributed by atoms with Crippen LogP contribution >= 0.6 is 23.2 Å². The van der Waals surface area contributed by atoms with Crippen molar-refractivity contribution in [3.8, 4) is 5.69 Å². The van der Waals surface area contributed by atoms with Crippen LogP contribution in [-0.4, -0.2) is 27.6 Å². The van der Waals surface area contributed by atoms with Gasteiger partial charge in [-0.1, -0.05) is 29.8 Å². The molecule has 0 fully saturated rings. The van der Waals surface area contributed by atoms with Crippen LogP contribution in [0.5, 0.6) is 0 Å². The van der Waals surface area contributed by atoms with Crippen LogP contribution in [0.4, 0.5) is 5.82 Å². The largest absolute Gasteiger partial charge is 0.341 e. The van der Waals surface area contributed by atoms with Gasteiger partial charge >= 0.3 is 0 Å². The van der Waals surface area contributed by atoms with Crippen molar-refractivity contribution in [3.63, 3.8) is 0 Å². The third-order valence-electron chi connectivity index (χ3n) is 3.06. The molecule has 2 rings (SSSR count). The molecule has 9 heteroatoms. The number of hydrogen-bond donors (Lipinski definition) is 3. The number of hydrogen-bond acceptors (Lipinski definition) is 3. The number of carbonyl (C=O) groups is 2. The lowest BCUT2D eigenvalue weighted by atomic mass is 10.3. The highest BCUT2D eigenvalue weighted by molar-refractivity contribution is 6.34. The van der Waals surface area contributed by atoms with E-state index in [0.717, 1.165) is 10.8 Å². The van der Waals surface area contributed by atoms with Crippen molar-refractivity contribution in [2.75, 3.05) is 5.32 Å². The first-order chi connectivity index (χ1) is 11.3. The molecule has 0 spiro atoms. The van der Waals surface area contributed by atoms with Crippen LogP contribution in [0.2, 0.25) is 10.0 Å². The van der Waals surface area contributed by atoms with E-state index in [9.17, 15) is 14.4 Å². The first-order valence-electron chi connectivity index (χ1n) is 6.83. The summed E-state index contributed by atoms with van der Waals surface area (Å²) in [6.45, 7) is 4.80. The number of aromatic nitrogens is 2. The molecule has 0 aliphatic rings. The highest BCUT2D eigenvalue weighted by atomic mass is 35.5. The minimum Gasteiger partial charge on any atom is -0.341 e. The fourth-order valence-electron chi connectivity index (χ4n) is 1.87. The standard InChI is InChI=1S/C15H14Cl2N4O3/c1-3-13(22)18-8(2)15(24)19-12-7-14(23)21(20-12)11-6-9(16)4-5-10(11)17/h3-8,20H,1H2,2H3,(H,18,22)(H,19,24). The Bertz CT molecular complexity index is 857. The van der Waals surface area contributed by atoms with Crippen LogP contribution in [-0.2, 0) is 9.59 Å². The van der Waals surface area contributed by atoms with Gasteiger partial charge in [-0.3, -0.25) is 19.5 Å². The Kier molecular flexibility index (Phi) is 5.48. The number of nitrogens with zero attached hydrogens (tertiary/aromatic N) is 1. The van der Waals surface area contributed by atoms with Crippen molar-refractivity contribution in [1.82, 2.24) is 15.1 Å². The SMILES string of the molecule is C=CC(=O)NC(C)C(=O)Nc1cc(=O)n(-c2cc(Cl)ccc2Cl)[nH]1. The van der Waals surface area contributed by atoms with Gasteiger partial charge in [0.1, 0.15) is 11.9 Å². The Hall–Kier alpha value is -2.51. The molecule has 0 aliphatic carbocycles. The van der Waals surface area contributed by atoms with E-state index in [1.54, 1.807) is 12.1 Å².